The topological polar surface area (TPSA) is 21.3 Å². The van der Waals surface area contributed by atoms with E-state index in [-0.39, 0.29) is 0 Å². The van der Waals surface area contributed by atoms with Crippen LogP contribution in [0.15, 0.2) is 36.9 Å². The standard InChI is InChI=1S/C16H25NO/c1-4-6-9-15(17-5-2)11-12-18-16-10-7-8-14(3)13-16/h4,7-8,10,13,15,17H,1,5-6,9,11-12H2,2-3H3. The molecule has 1 aromatic rings. The van der Waals surface area contributed by atoms with Gasteiger partial charge in [-0.3, -0.25) is 0 Å². The normalized spacial score (nSPS) is 12.1. The van der Waals surface area contributed by atoms with E-state index in [2.05, 4.69) is 37.9 Å². The maximum atomic E-state index is 5.78. The van der Waals surface area contributed by atoms with Crippen molar-refractivity contribution in [3.8, 4) is 5.75 Å². The van der Waals surface area contributed by atoms with Crippen LogP contribution >= 0.6 is 0 Å². The van der Waals surface area contributed by atoms with E-state index in [0.29, 0.717) is 6.04 Å². The lowest BCUT2D eigenvalue weighted by molar-refractivity contribution is 0.282. The smallest absolute Gasteiger partial charge is 0.119 e. The van der Waals surface area contributed by atoms with Gasteiger partial charge in [-0.05, 0) is 50.4 Å². The molecule has 0 aromatic heterocycles. The first-order chi connectivity index (χ1) is 8.76. The first kappa shape index (κ1) is 14.8. The quantitative estimate of drug-likeness (QED) is 0.672. The highest BCUT2D eigenvalue weighted by Gasteiger charge is 2.06. The molecule has 0 spiro atoms. The fourth-order valence-electron chi connectivity index (χ4n) is 1.98. The zero-order valence-corrected chi connectivity index (χ0v) is 11.6. The number of ether oxygens (including phenoxy) is 1. The van der Waals surface area contributed by atoms with E-state index in [9.17, 15) is 0 Å². The average Bonchev–Trinajstić information content (AvgIpc) is 2.36. The zero-order valence-electron chi connectivity index (χ0n) is 11.6. The molecule has 0 fully saturated rings. The Hall–Kier alpha value is -1.28. The Morgan fingerprint density at radius 3 is 2.89 bits per heavy atom. The number of benzene rings is 1. The molecule has 0 saturated carbocycles. The summed E-state index contributed by atoms with van der Waals surface area (Å²) >= 11 is 0. The Bertz CT molecular complexity index is 349. The molecule has 18 heavy (non-hydrogen) atoms. The molecule has 0 aliphatic heterocycles. The average molecular weight is 247 g/mol. The highest BCUT2D eigenvalue weighted by atomic mass is 16.5. The molecule has 1 atom stereocenters. The zero-order chi connectivity index (χ0) is 13.2. The Morgan fingerprint density at radius 2 is 2.22 bits per heavy atom. The third kappa shape index (κ3) is 5.87. The minimum absolute atomic E-state index is 0.526. The SMILES string of the molecule is C=CCCC(CCOc1cccc(C)c1)NCC. The van der Waals surface area contributed by atoms with E-state index in [0.717, 1.165) is 38.2 Å². The fourth-order valence-corrected chi connectivity index (χ4v) is 1.98. The van der Waals surface area contributed by atoms with E-state index in [4.69, 9.17) is 4.74 Å². The van der Waals surface area contributed by atoms with Crippen molar-refractivity contribution in [2.45, 2.75) is 39.2 Å². The second kappa shape index (κ2) is 8.76. The van der Waals surface area contributed by atoms with Crippen LogP contribution in [0.3, 0.4) is 0 Å². The third-order valence-electron chi connectivity index (χ3n) is 2.94. The number of allylic oxidation sites excluding steroid dienone is 1. The Labute approximate surface area is 111 Å². The first-order valence-electron chi connectivity index (χ1n) is 6.80. The van der Waals surface area contributed by atoms with Crippen LogP contribution in [0.1, 0.15) is 31.7 Å². The number of hydrogen-bond acceptors (Lipinski definition) is 2. The van der Waals surface area contributed by atoms with Gasteiger partial charge in [0.25, 0.3) is 0 Å². The van der Waals surface area contributed by atoms with E-state index in [1.165, 1.54) is 5.56 Å². The lowest BCUT2D eigenvalue weighted by Crippen LogP contribution is -2.30. The van der Waals surface area contributed by atoms with Gasteiger partial charge in [-0.2, -0.15) is 0 Å². The lowest BCUT2D eigenvalue weighted by atomic mass is 10.1. The Morgan fingerprint density at radius 1 is 1.39 bits per heavy atom. The van der Waals surface area contributed by atoms with Crippen LogP contribution in [-0.2, 0) is 0 Å². The largest absolute Gasteiger partial charge is 0.494 e. The number of nitrogens with one attached hydrogen (secondary N) is 1. The molecule has 1 unspecified atom stereocenters. The summed E-state index contributed by atoms with van der Waals surface area (Å²) in [6.45, 7) is 9.76. The highest BCUT2D eigenvalue weighted by Crippen LogP contribution is 2.13. The van der Waals surface area contributed by atoms with Crippen molar-refractivity contribution >= 4 is 0 Å². The second-order valence-electron chi connectivity index (χ2n) is 4.57. The van der Waals surface area contributed by atoms with Crippen LogP contribution in [0.2, 0.25) is 0 Å². The third-order valence-corrected chi connectivity index (χ3v) is 2.94. The van der Waals surface area contributed by atoms with Gasteiger partial charge in [0.05, 0.1) is 6.61 Å². The molecule has 2 nitrogen and oxygen atoms in total. The van der Waals surface area contributed by atoms with Crippen LogP contribution in [0.5, 0.6) is 5.75 Å². The van der Waals surface area contributed by atoms with Gasteiger partial charge < -0.3 is 10.1 Å². The summed E-state index contributed by atoms with van der Waals surface area (Å²) in [5, 5.41) is 3.49. The van der Waals surface area contributed by atoms with Crippen LogP contribution in [-0.4, -0.2) is 19.2 Å². The summed E-state index contributed by atoms with van der Waals surface area (Å²) in [5.41, 5.74) is 1.24. The van der Waals surface area contributed by atoms with E-state index < -0.39 is 0 Å². The Balaban J connectivity index is 2.31. The van der Waals surface area contributed by atoms with E-state index >= 15 is 0 Å². The van der Waals surface area contributed by atoms with Crippen LogP contribution in [0.25, 0.3) is 0 Å². The second-order valence-corrected chi connectivity index (χ2v) is 4.57. The fraction of sp³-hybridized carbons (Fsp3) is 0.500. The van der Waals surface area contributed by atoms with Gasteiger partial charge in [-0.1, -0.05) is 25.1 Å². The molecule has 0 amide bonds. The molecule has 0 bridgehead atoms. The molecular formula is C16H25NO. The van der Waals surface area contributed by atoms with Gasteiger partial charge in [0.2, 0.25) is 0 Å². The van der Waals surface area contributed by atoms with Crippen molar-refractivity contribution in [3.63, 3.8) is 0 Å². The van der Waals surface area contributed by atoms with Gasteiger partial charge in [-0.25, -0.2) is 0 Å². The predicted molar refractivity (Wildman–Crippen MR) is 78.2 cm³/mol. The van der Waals surface area contributed by atoms with Crippen molar-refractivity contribution in [1.82, 2.24) is 5.32 Å². The molecule has 1 N–H and O–H groups in total. The minimum atomic E-state index is 0.526. The molecule has 1 rings (SSSR count). The summed E-state index contributed by atoms with van der Waals surface area (Å²) in [6.07, 6.45) is 5.21. The molecule has 2 heteroatoms. The molecule has 100 valence electrons. The van der Waals surface area contributed by atoms with Crippen molar-refractivity contribution in [1.29, 1.82) is 0 Å². The maximum Gasteiger partial charge on any atom is 0.119 e. The van der Waals surface area contributed by atoms with Crippen molar-refractivity contribution in [3.05, 3.63) is 42.5 Å². The molecule has 0 aliphatic carbocycles. The van der Waals surface area contributed by atoms with Crippen molar-refractivity contribution in [2.75, 3.05) is 13.2 Å². The maximum absolute atomic E-state index is 5.78. The number of rotatable bonds is 9. The number of hydrogen-bond donors (Lipinski definition) is 1. The number of aryl methyl sites for hydroxylation is 1. The summed E-state index contributed by atoms with van der Waals surface area (Å²) in [5.74, 6) is 0.967. The van der Waals surface area contributed by atoms with Gasteiger partial charge in [0, 0.05) is 6.04 Å². The van der Waals surface area contributed by atoms with Crippen molar-refractivity contribution in [2.24, 2.45) is 0 Å². The lowest BCUT2D eigenvalue weighted by Gasteiger charge is -2.17. The summed E-state index contributed by atoms with van der Waals surface area (Å²) in [6, 6.07) is 8.73. The van der Waals surface area contributed by atoms with E-state index in [1.54, 1.807) is 0 Å². The van der Waals surface area contributed by atoms with Gasteiger partial charge in [-0.15, -0.1) is 6.58 Å². The van der Waals surface area contributed by atoms with Crippen molar-refractivity contribution < 1.29 is 4.74 Å². The molecular weight excluding hydrogens is 222 g/mol. The van der Waals surface area contributed by atoms with Crippen LogP contribution in [0, 0.1) is 6.92 Å². The highest BCUT2D eigenvalue weighted by molar-refractivity contribution is 5.27. The minimum Gasteiger partial charge on any atom is -0.494 e. The molecule has 1 aromatic carbocycles. The molecule has 0 saturated heterocycles. The first-order valence-corrected chi connectivity index (χ1v) is 6.80. The summed E-state index contributed by atoms with van der Waals surface area (Å²) in [7, 11) is 0. The van der Waals surface area contributed by atoms with E-state index in [1.807, 2.05) is 18.2 Å². The predicted octanol–water partition coefficient (Wildman–Crippen LogP) is 3.71. The molecule has 0 radical (unpaired) electrons. The summed E-state index contributed by atoms with van der Waals surface area (Å²) < 4.78 is 5.78. The van der Waals surface area contributed by atoms with Crippen LogP contribution in [0.4, 0.5) is 0 Å². The van der Waals surface area contributed by atoms with Gasteiger partial charge in [0.1, 0.15) is 5.75 Å². The van der Waals surface area contributed by atoms with Gasteiger partial charge >= 0.3 is 0 Å². The summed E-state index contributed by atoms with van der Waals surface area (Å²) in [4.78, 5) is 0. The Kier molecular flexibility index (Phi) is 7.19. The van der Waals surface area contributed by atoms with Gasteiger partial charge in [0.15, 0.2) is 0 Å². The molecule has 0 heterocycles. The molecule has 0 aliphatic rings. The monoisotopic (exact) mass is 247 g/mol. The van der Waals surface area contributed by atoms with Crippen LogP contribution < -0.4 is 10.1 Å².